The molecule has 0 aliphatic carbocycles. The molecular weight excluding hydrogens is 360 g/mol. The standard InChI is InChI=1S/C21H19ClN4O/c1-14-12-18(25-21(23-14)24-17-9-4-8-16(22)13-17)20(27)26-11-5-7-15-6-2-3-10-19(15)26/h2-4,6,8-10,12-13H,5,7,11H2,1H3,(H,23,24,25). The molecule has 0 saturated heterocycles. The summed E-state index contributed by atoms with van der Waals surface area (Å²) in [5, 5.41) is 3.74. The molecular formula is C21H19ClN4O. The number of nitrogens with zero attached hydrogens (tertiary/aromatic N) is 3. The summed E-state index contributed by atoms with van der Waals surface area (Å²) in [6.07, 6.45) is 1.94. The van der Waals surface area contributed by atoms with Crippen molar-refractivity contribution in [3.63, 3.8) is 0 Å². The van der Waals surface area contributed by atoms with Crippen molar-refractivity contribution in [3.05, 3.63) is 76.6 Å². The molecule has 0 bridgehead atoms. The number of benzene rings is 2. The zero-order valence-electron chi connectivity index (χ0n) is 14.9. The molecule has 1 aliphatic rings. The Morgan fingerprint density at radius 1 is 1.11 bits per heavy atom. The number of amides is 1. The molecule has 0 saturated carbocycles. The molecule has 0 fully saturated rings. The fourth-order valence-corrected chi connectivity index (χ4v) is 3.50. The van der Waals surface area contributed by atoms with Gasteiger partial charge in [0.05, 0.1) is 0 Å². The van der Waals surface area contributed by atoms with E-state index in [0.717, 1.165) is 29.9 Å². The number of nitrogens with one attached hydrogen (secondary N) is 1. The Morgan fingerprint density at radius 2 is 1.96 bits per heavy atom. The summed E-state index contributed by atoms with van der Waals surface area (Å²) in [5.41, 5.74) is 4.04. The molecule has 27 heavy (non-hydrogen) atoms. The number of para-hydroxylation sites is 1. The zero-order chi connectivity index (χ0) is 18.8. The minimum absolute atomic E-state index is 0.109. The van der Waals surface area contributed by atoms with Crippen LogP contribution in [0.3, 0.4) is 0 Å². The van der Waals surface area contributed by atoms with E-state index >= 15 is 0 Å². The molecule has 0 unspecified atom stereocenters. The third-order valence-electron chi connectivity index (χ3n) is 4.51. The normalized spacial score (nSPS) is 13.2. The van der Waals surface area contributed by atoms with E-state index in [1.165, 1.54) is 5.56 Å². The van der Waals surface area contributed by atoms with E-state index in [1.54, 1.807) is 18.2 Å². The van der Waals surface area contributed by atoms with Crippen molar-refractivity contribution >= 4 is 34.8 Å². The van der Waals surface area contributed by atoms with E-state index in [9.17, 15) is 4.79 Å². The van der Waals surface area contributed by atoms with Gasteiger partial charge in [-0.15, -0.1) is 0 Å². The van der Waals surface area contributed by atoms with E-state index in [0.29, 0.717) is 23.2 Å². The van der Waals surface area contributed by atoms with Crippen molar-refractivity contribution < 1.29 is 4.79 Å². The van der Waals surface area contributed by atoms with E-state index < -0.39 is 0 Å². The Morgan fingerprint density at radius 3 is 2.81 bits per heavy atom. The maximum Gasteiger partial charge on any atom is 0.277 e. The van der Waals surface area contributed by atoms with Crippen LogP contribution < -0.4 is 10.2 Å². The van der Waals surface area contributed by atoms with Crippen LogP contribution in [0, 0.1) is 6.92 Å². The number of fused-ring (bicyclic) bond motifs is 1. The molecule has 3 aromatic rings. The van der Waals surface area contributed by atoms with Crippen LogP contribution in [0.25, 0.3) is 0 Å². The predicted octanol–water partition coefficient (Wildman–Crippen LogP) is 4.78. The zero-order valence-corrected chi connectivity index (χ0v) is 15.7. The van der Waals surface area contributed by atoms with Crippen molar-refractivity contribution in [2.45, 2.75) is 19.8 Å². The first-order valence-electron chi connectivity index (χ1n) is 8.88. The van der Waals surface area contributed by atoms with Gasteiger partial charge in [0.1, 0.15) is 5.69 Å². The van der Waals surface area contributed by atoms with Gasteiger partial charge in [-0.1, -0.05) is 35.9 Å². The molecule has 1 aromatic heterocycles. The maximum absolute atomic E-state index is 13.2. The highest BCUT2D eigenvalue weighted by Crippen LogP contribution is 2.28. The SMILES string of the molecule is Cc1cc(C(=O)N2CCCc3ccccc32)nc(Nc2cccc(Cl)c2)n1. The smallest absolute Gasteiger partial charge is 0.277 e. The molecule has 0 spiro atoms. The molecule has 0 radical (unpaired) electrons. The van der Waals surface area contributed by atoms with Crippen molar-refractivity contribution in [2.24, 2.45) is 0 Å². The second kappa shape index (κ2) is 7.37. The lowest BCUT2D eigenvalue weighted by Gasteiger charge is -2.29. The van der Waals surface area contributed by atoms with Gasteiger partial charge < -0.3 is 10.2 Å². The summed E-state index contributed by atoms with van der Waals surface area (Å²) in [6, 6.07) is 17.1. The molecule has 6 heteroatoms. The number of carbonyl (C=O) groups excluding carboxylic acids is 1. The Labute approximate surface area is 163 Å². The van der Waals surface area contributed by atoms with Gasteiger partial charge in [-0.05, 0) is 55.7 Å². The molecule has 1 amide bonds. The molecule has 2 aromatic carbocycles. The highest BCUT2D eigenvalue weighted by molar-refractivity contribution is 6.30. The first kappa shape index (κ1) is 17.5. The first-order valence-corrected chi connectivity index (χ1v) is 9.26. The summed E-state index contributed by atoms with van der Waals surface area (Å²) < 4.78 is 0. The number of carbonyl (C=O) groups is 1. The molecule has 1 aliphatic heterocycles. The van der Waals surface area contributed by atoms with Gasteiger partial charge in [-0.3, -0.25) is 4.79 Å². The summed E-state index contributed by atoms with van der Waals surface area (Å²) in [4.78, 5) is 23.8. The van der Waals surface area contributed by atoms with Gasteiger partial charge in [0.2, 0.25) is 5.95 Å². The topological polar surface area (TPSA) is 58.1 Å². The average Bonchev–Trinajstić information content (AvgIpc) is 2.66. The number of rotatable bonds is 3. The maximum atomic E-state index is 13.2. The minimum atomic E-state index is -0.109. The van der Waals surface area contributed by atoms with Crippen LogP contribution in [0.15, 0.2) is 54.6 Å². The molecule has 4 rings (SSSR count). The van der Waals surface area contributed by atoms with Crippen LogP contribution >= 0.6 is 11.6 Å². The lowest BCUT2D eigenvalue weighted by atomic mass is 10.0. The highest BCUT2D eigenvalue weighted by atomic mass is 35.5. The Hall–Kier alpha value is -2.92. The van der Waals surface area contributed by atoms with Gasteiger partial charge >= 0.3 is 0 Å². The minimum Gasteiger partial charge on any atom is -0.324 e. The Balaban J connectivity index is 1.64. The van der Waals surface area contributed by atoms with Gasteiger partial charge in [-0.2, -0.15) is 0 Å². The fourth-order valence-electron chi connectivity index (χ4n) is 3.31. The summed E-state index contributed by atoms with van der Waals surface area (Å²) in [6.45, 7) is 2.54. The second-order valence-electron chi connectivity index (χ2n) is 6.54. The van der Waals surface area contributed by atoms with Crippen LogP contribution in [0.1, 0.15) is 28.2 Å². The van der Waals surface area contributed by atoms with Crippen molar-refractivity contribution in [2.75, 3.05) is 16.8 Å². The predicted molar refractivity (Wildman–Crippen MR) is 108 cm³/mol. The monoisotopic (exact) mass is 378 g/mol. The number of hydrogen-bond donors (Lipinski definition) is 1. The van der Waals surface area contributed by atoms with Gasteiger partial charge in [-0.25, -0.2) is 9.97 Å². The molecule has 136 valence electrons. The van der Waals surface area contributed by atoms with E-state index in [-0.39, 0.29) is 5.91 Å². The quantitative estimate of drug-likeness (QED) is 0.712. The number of hydrogen-bond acceptors (Lipinski definition) is 4. The van der Waals surface area contributed by atoms with Crippen LogP contribution in [-0.2, 0) is 6.42 Å². The average molecular weight is 379 g/mol. The van der Waals surface area contributed by atoms with Crippen LogP contribution in [-0.4, -0.2) is 22.4 Å². The van der Waals surface area contributed by atoms with Crippen LogP contribution in [0.4, 0.5) is 17.3 Å². The van der Waals surface area contributed by atoms with Crippen molar-refractivity contribution in [1.82, 2.24) is 9.97 Å². The Kier molecular flexibility index (Phi) is 4.77. The third kappa shape index (κ3) is 3.78. The molecule has 5 nitrogen and oxygen atoms in total. The molecule has 1 N–H and O–H groups in total. The summed E-state index contributed by atoms with van der Waals surface area (Å²) in [7, 11) is 0. The van der Waals surface area contributed by atoms with E-state index in [2.05, 4.69) is 21.4 Å². The van der Waals surface area contributed by atoms with Gasteiger partial charge in [0.25, 0.3) is 5.91 Å². The van der Waals surface area contributed by atoms with Gasteiger partial charge in [0, 0.05) is 28.6 Å². The second-order valence-corrected chi connectivity index (χ2v) is 6.98. The van der Waals surface area contributed by atoms with E-state index in [1.807, 2.05) is 42.2 Å². The summed E-state index contributed by atoms with van der Waals surface area (Å²) >= 11 is 6.03. The van der Waals surface area contributed by atoms with E-state index in [4.69, 9.17) is 11.6 Å². The third-order valence-corrected chi connectivity index (χ3v) is 4.74. The number of aryl methyl sites for hydroxylation is 2. The Bertz CT molecular complexity index is 1000. The van der Waals surface area contributed by atoms with Gasteiger partial charge in [0.15, 0.2) is 0 Å². The number of aromatic nitrogens is 2. The number of halogens is 1. The van der Waals surface area contributed by atoms with Crippen molar-refractivity contribution in [1.29, 1.82) is 0 Å². The first-order chi connectivity index (χ1) is 13.1. The highest BCUT2D eigenvalue weighted by Gasteiger charge is 2.24. The summed E-state index contributed by atoms with van der Waals surface area (Å²) in [5.74, 6) is 0.271. The lowest BCUT2D eigenvalue weighted by molar-refractivity contribution is 0.0980. The van der Waals surface area contributed by atoms with Crippen molar-refractivity contribution in [3.8, 4) is 0 Å². The molecule has 0 atom stereocenters. The molecule has 2 heterocycles. The van der Waals surface area contributed by atoms with Crippen LogP contribution in [0.5, 0.6) is 0 Å². The van der Waals surface area contributed by atoms with Crippen LogP contribution in [0.2, 0.25) is 5.02 Å². The fraction of sp³-hybridized carbons (Fsp3) is 0.190. The number of anilines is 3. The largest absolute Gasteiger partial charge is 0.324 e. The lowest BCUT2D eigenvalue weighted by Crippen LogP contribution is -2.36.